The van der Waals surface area contributed by atoms with E-state index in [1.807, 2.05) is 30.3 Å². The van der Waals surface area contributed by atoms with E-state index in [9.17, 15) is 14.0 Å². The lowest BCUT2D eigenvalue weighted by Gasteiger charge is -2.36. The average molecular weight is 479 g/mol. The van der Waals surface area contributed by atoms with Gasteiger partial charge in [0.05, 0.1) is 0 Å². The Hall–Kier alpha value is -3.23. The summed E-state index contributed by atoms with van der Waals surface area (Å²) in [7, 11) is 0. The molecular formula is C26H27FN4O2S. The number of carbonyl (C=O) groups is 2. The Morgan fingerprint density at radius 2 is 1.74 bits per heavy atom. The van der Waals surface area contributed by atoms with Crippen LogP contribution in [0.5, 0.6) is 0 Å². The summed E-state index contributed by atoms with van der Waals surface area (Å²) in [4.78, 5) is 33.3. The number of hydrogen-bond donors (Lipinski definition) is 2. The highest BCUT2D eigenvalue weighted by atomic mass is 32.2. The lowest BCUT2D eigenvalue weighted by molar-refractivity contribution is -0.121. The van der Waals surface area contributed by atoms with Crippen LogP contribution in [0.3, 0.4) is 0 Å². The van der Waals surface area contributed by atoms with Gasteiger partial charge in [-0.2, -0.15) is 0 Å². The van der Waals surface area contributed by atoms with Crippen molar-refractivity contribution in [2.24, 2.45) is 0 Å². The van der Waals surface area contributed by atoms with E-state index in [4.69, 9.17) is 0 Å². The third kappa shape index (κ3) is 5.81. The number of anilines is 1. The van der Waals surface area contributed by atoms with E-state index in [0.717, 1.165) is 16.0 Å². The van der Waals surface area contributed by atoms with E-state index in [1.54, 1.807) is 17.3 Å². The van der Waals surface area contributed by atoms with Gasteiger partial charge in [0.1, 0.15) is 11.9 Å². The fourth-order valence-corrected chi connectivity index (χ4v) is 4.35. The Labute approximate surface area is 203 Å². The van der Waals surface area contributed by atoms with Gasteiger partial charge in [-0.05, 0) is 98.4 Å². The van der Waals surface area contributed by atoms with Gasteiger partial charge in [0.2, 0.25) is 5.91 Å². The summed E-state index contributed by atoms with van der Waals surface area (Å²) in [6.45, 7) is 6.54. The minimum atomic E-state index is -0.717. The summed E-state index contributed by atoms with van der Waals surface area (Å²) >= 11 is 1.53. The number of nitrogens with one attached hydrogen (secondary N) is 2. The first-order chi connectivity index (χ1) is 16.2. The van der Waals surface area contributed by atoms with E-state index in [-0.39, 0.29) is 23.9 Å². The van der Waals surface area contributed by atoms with Crippen LogP contribution < -0.4 is 10.0 Å². The lowest BCUT2D eigenvalue weighted by Crippen LogP contribution is -2.50. The maximum absolute atomic E-state index is 13.4. The van der Waals surface area contributed by atoms with Crippen molar-refractivity contribution in [3.8, 4) is 0 Å². The van der Waals surface area contributed by atoms with Crippen LogP contribution >= 0.6 is 11.9 Å². The SMILES string of the molecule is CC(C)(C)NSc1ccc(NC(=O)C2Cc3cnccc3CN2C(=O)c2ccc(F)cc2)cc1. The highest BCUT2D eigenvalue weighted by Crippen LogP contribution is 2.26. The number of carbonyl (C=O) groups excluding carboxylic acids is 2. The zero-order chi connectivity index (χ0) is 24.3. The summed E-state index contributed by atoms with van der Waals surface area (Å²) in [5.74, 6) is -1.01. The Kier molecular flexibility index (Phi) is 7.00. The van der Waals surface area contributed by atoms with Crippen LogP contribution in [0.25, 0.3) is 0 Å². The highest BCUT2D eigenvalue weighted by Gasteiger charge is 2.35. The van der Waals surface area contributed by atoms with Crippen molar-refractivity contribution < 1.29 is 14.0 Å². The molecule has 1 unspecified atom stereocenters. The number of halogens is 1. The molecule has 2 N–H and O–H groups in total. The quantitative estimate of drug-likeness (QED) is 0.514. The van der Waals surface area contributed by atoms with Crippen molar-refractivity contribution >= 4 is 29.4 Å². The Bertz CT molecular complexity index is 1180. The second-order valence-electron chi connectivity index (χ2n) is 9.27. The number of aromatic nitrogens is 1. The van der Waals surface area contributed by atoms with Crippen molar-refractivity contribution in [1.82, 2.24) is 14.6 Å². The van der Waals surface area contributed by atoms with E-state index >= 15 is 0 Å². The van der Waals surface area contributed by atoms with E-state index < -0.39 is 11.9 Å². The fourth-order valence-electron chi connectivity index (χ4n) is 3.66. The van der Waals surface area contributed by atoms with Gasteiger partial charge in [0, 0.05) is 47.0 Å². The number of pyridine rings is 1. The second-order valence-corrected chi connectivity index (χ2v) is 10.2. The van der Waals surface area contributed by atoms with E-state index in [1.165, 1.54) is 36.2 Å². The molecule has 0 saturated heterocycles. The largest absolute Gasteiger partial charge is 0.324 e. The maximum Gasteiger partial charge on any atom is 0.254 e. The van der Waals surface area contributed by atoms with Crippen LogP contribution in [0.15, 0.2) is 71.9 Å². The molecule has 2 heterocycles. The molecule has 8 heteroatoms. The topological polar surface area (TPSA) is 74.3 Å². The molecular weight excluding hydrogens is 451 g/mol. The average Bonchev–Trinajstić information content (AvgIpc) is 2.82. The molecule has 2 amide bonds. The molecule has 176 valence electrons. The molecule has 2 aromatic carbocycles. The molecule has 34 heavy (non-hydrogen) atoms. The van der Waals surface area contributed by atoms with Crippen LogP contribution in [-0.2, 0) is 17.8 Å². The molecule has 0 radical (unpaired) electrons. The van der Waals surface area contributed by atoms with Gasteiger partial charge < -0.3 is 10.2 Å². The minimum absolute atomic E-state index is 0.0236. The number of fused-ring (bicyclic) bond motifs is 1. The van der Waals surface area contributed by atoms with Crippen molar-refractivity contribution in [2.45, 2.75) is 50.2 Å². The predicted molar refractivity (Wildman–Crippen MR) is 132 cm³/mol. The highest BCUT2D eigenvalue weighted by molar-refractivity contribution is 7.97. The zero-order valence-electron chi connectivity index (χ0n) is 19.3. The standard InChI is InChI=1S/C26H27FN4O2S/c1-26(2,3)30-34-22-10-8-21(9-11-22)29-24(32)23-14-19-15-28-13-12-18(19)16-31(23)25(33)17-4-6-20(27)7-5-17/h4-13,15,23,30H,14,16H2,1-3H3,(H,29,32). The van der Waals surface area contributed by atoms with Gasteiger partial charge in [-0.25, -0.2) is 4.39 Å². The molecule has 1 aliphatic heterocycles. The van der Waals surface area contributed by atoms with Crippen LogP contribution in [0.1, 0.15) is 42.3 Å². The van der Waals surface area contributed by atoms with Crippen LogP contribution in [0.2, 0.25) is 0 Å². The van der Waals surface area contributed by atoms with Gasteiger partial charge in [-0.3, -0.25) is 19.3 Å². The fraction of sp³-hybridized carbons (Fsp3) is 0.269. The molecule has 0 saturated carbocycles. The smallest absolute Gasteiger partial charge is 0.254 e. The molecule has 4 rings (SSSR count). The molecule has 0 bridgehead atoms. The third-order valence-electron chi connectivity index (χ3n) is 5.39. The van der Waals surface area contributed by atoms with Crippen LogP contribution in [0.4, 0.5) is 10.1 Å². The van der Waals surface area contributed by atoms with Gasteiger partial charge in [-0.15, -0.1) is 0 Å². The first kappa shape index (κ1) is 23.9. The molecule has 6 nitrogen and oxygen atoms in total. The summed E-state index contributed by atoms with van der Waals surface area (Å²) in [5, 5.41) is 2.94. The first-order valence-corrected chi connectivity index (χ1v) is 11.8. The number of nitrogens with zero attached hydrogens (tertiary/aromatic N) is 2. The van der Waals surface area contributed by atoms with Gasteiger partial charge in [-0.1, -0.05) is 0 Å². The van der Waals surface area contributed by atoms with Crippen molar-refractivity contribution in [3.05, 3.63) is 89.5 Å². The molecule has 0 fully saturated rings. The normalized spacial score (nSPS) is 15.5. The van der Waals surface area contributed by atoms with Gasteiger partial charge in [0.15, 0.2) is 0 Å². The monoisotopic (exact) mass is 478 g/mol. The van der Waals surface area contributed by atoms with Crippen molar-refractivity contribution in [2.75, 3.05) is 5.32 Å². The summed E-state index contributed by atoms with van der Waals surface area (Å²) in [6.07, 6.45) is 3.77. The number of amides is 2. The zero-order valence-corrected chi connectivity index (χ0v) is 20.2. The molecule has 0 aliphatic carbocycles. The molecule has 3 aromatic rings. The minimum Gasteiger partial charge on any atom is -0.324 e. The predicted octanol–water partition coefficient (Wildman–Crippen LogP) is 4.82. The Morgan fingerprint density at radius 1 is 1.03 bits per heavy atom. The maximum atomic E-state index is 13.4. The number of rotatable bonds is 5. The van der Waals surface area contributed by atoms with Crippen molar-refractivity contribution in [3.63, 3.8) is 0 Å². The molecule has 1 aliphatic rings. The number of benzene rings is 2. The number of hydrogen-bond acceptors (Lipinski definition) is 5. The second kappa shape index (κ2) is 9.95. The van der Waals surface area contributed by atoms with E-state index in [2.05, 4.69) is 35.8 Å². The summed E-state index contributed by atoms with van der Waals surface area (Å²) in [5.41, 5.74) is 2.85. The van der Waals surface area contributed by atoms with Gasteiger partial charge >= 0.3 is 0 Å². The lowest BCUT2D eigenvalue weighted by atomic mass is 9.94. The van der Waals surface area contributed by atoms with Crippen LogP contribution in [0, 0.1) is 5.82 Å². The van der Waals surface area contributed by atoms with Crippen molar-refractivity contribution in [1.29, 1.82) is 0 Å². The summed E-state index contributed by atoms with van der Waals surface area (Å²) < 4.78 is 16.7. The van der Waals surface area contributed by atoms with Gasteiger partial charge in [0.25, 0.3) is 5.91 Å². The first-order valence-electron chi connectivity index (χ1n) is 11.0. The summed E-state index contributed by atoms with van der Waals surface area (Å²) in [6, 6.07) is 14.1. The molecule has 0 spiro atoms. The van der Waals surface area contributed by atoms with Crippen LogP contribution in [-0.4, -0.2) is 33.3 Å². The molecule has 1 atom stereocenters. The molecule has 1 aromatic heterocycles. The third-order valence-corrected chi connectivity index (χ3v) is 6.61. The Morgan fingerprint density at radius 3 is 2.41 bits per heavy atom. The Balaban J connectivity index is 1.53. The van der Waals surface area contributed by atoms with E-state index in [0.29, 0.717) is 17.7 Å².